The van der Waals surface area contributed by atoms with Crippen LogP contribution in [-0.2, 0) is 6.54 Å². The van der Waals surface area contributed by atoms with Gasteiger partial charge in [-0.15, -0.1) is 0 Å². The molecule has 2 atom stereocenters. The number of nitrogens with one attached hydrogen (secondary N) is 1. The maximum atomic E-state index is 13.2. The Morgan fingerprint density at radius 3 is 2.27 bits per heavy atom. The molecule has 7 heteroatoms. The van der Waals surface area contributed by atoms with Gasteiger partial charge < -0.3 is 24.3 Å². The van der Waals surface area contributed by atoms with Crippen molar-refractivity contribution in [1.29, 1.82) is 0 Å². The molecule has 3 rings (SSSR count). The second-order valence-electron chi connectivity index (χ2n) is 9.96. The first-order valence-electron chi connectivity index (χ1n) is 12.0. The smallest absolute Gasteiger partial charge is 0.258 e. The fourth-order valence-corrected chi connectivity index (χ4v) is 5.00. The molecule has 1 saturated heterocycles. The van der Waals surface area contributed by atoms with Gasteiger partial charge in [-0.05, 0) is 49.3 Å². The topological polar surface area (TPSA) is 72.8 Å². The fourth-order valence-electron chi connectivity index (χ4n) is 5.00. The van der Waals surface area contributed by atoms with Crippen LogP contribution in [0.5, 0.6) is 11.5 Å². The molecule has 1 N–H and O–H groups in total. The first-order valence-corrected chi connectivity index (χ1v) is 12.0. The predicted molar refractivity (Wildman–Crippen MR) is 132 cm³/mol. The highest BCUT2D eigenvalue weighted by Gasteiger charge is 2.22. The van der Waals surface area contributed by atoms with Crippen molar-refractivity contribution >= 4 is 16.7 Å². The van der Waals surface area contributed by atoms with Crippen LogP contribution in [0.15, 0.2) is 23.1 Å². The molecule has 0 bridgehead atoms. The minimum Gasteiger partial charge on any atom is -0.493 e. The van der Waals surface area contributed by atoms with E-state index in [1.165, 1.54) is 13.5 Å². The summed E-state index contributed by atoms with van der Waals surface area (Å²) in [7, 11) is 3.09. The number of rotatable bonds is 9. The summed E-state index contributed by atoms with van der Waals surface area (Å²) in [6.07, 6.45) is 3.87. The molecule has 0 saturated carbocycles. The van der Waals surface area contributed by atoms with Crippen LogP contribution in [0.2, 0.25) is 0 Å². The summed E-state index contributed by atoms with van der Waals surface area (Å²) in [5, 5.41) is 4.10. The maximum Gasteiger partial charge on any atom is 0.258 e. The molecule has 1 aliphatic heterocycles. The highest BCUT2D eigenvalue weighted by Crippen LogP contribution is 2.32. The van der Waals surface area contributed by atoms with Gasteiger partial charge in [0.1, 0.15) is 0 Å². The molecule has 1 aromatic heterocycles. The molecule has 1 aromatic carbocycles. The van der Waals surface area contributed by atoms with E-state index in [9.17, 15) is 9.59 Å². The monoisotopic (exact) mass is 457 g/mol. The molecule has 1 amide bonds. The number of amides is 1. The van der Waals surface area contributed by atoms with Crippen molar-refractivity contribution in [2.75, 3.05) is 40.4 Å². The van der Waals surface area contributed by atoms with Crippen LogP contribution in [0, 0.1) is 17.8 Å². The molecular weight excluding hydrogens is 418 g/mol. The average Bonchev–Trinajstić information content (AvgIpc) is 2.76. The largest absolute Gasteiger partial charge is 0.493 e. The normalized spacial score (nSPS) is 19.1. The molecule has 182 valence electrons. The van der Waals surface area contributed by atoms with E-state index in [2.05, 4.69) is 24.1 Å². The first-order chi connectivity index (χ1) is 15.7. The van der Waals surface area contributed by atoms with E-state index in [1.807, 2.05) is 13.8 Å². The second-order valence-corrected chi connectivity index (χ2v) is 9.96. The zero-order chi connectivity index (χ0) is 24.1. The van der Waals surface area contributed by atoms with Crippen molar-refractivity contribution < 1.29 is 14.3 Å². The van der Waals surface area contributed by atoms with E-state index in [0.29, 0.717) is 40.9 Å². The van der Waals surface area contributed by atoms with Crippen LogP contribution in [0.25, 0.3) is 10.8 Å². The lowest BCUT2D eigenvalue weighted by Crippen LogP contribution is -2.40. The Balaban J connectivity index is 1.81. The lowest BCUT2D eigenvalue weighted by Gasteiger charge is -2.34. The van der Waals surface area contributed by atoms with Gasteiger partial charge in [-0.1, -0.05) is 27.7 Å². The van der Waals surface area contributed by atoms with Gasteiger partial charge in [-0.3, -0.25) is 9.59 Å². The van der Waals surface area contributed by atoms with Crippen molar-refractivity contribution in [3.05, 3.63) is 34.2 Å². The Morgan fingerprint density at radius 1 is 1.09 bits per heavy atom. The van der Waals surface area contributed by atoms with Gasteiger partial charge >= 0.3 is 0 Å². The SMILES string of the molecule is COc1cc2c(C(=O)NCCCN3C[C@H](C)C[C@@H](C)C3)cn(CC(C)C)c(=O)c2cc1OC. The summed E-state index contributed by atoms with van der Waals surface area (Å²) in [5.41, 5.74) is 0.343. The number of fused-ring (bicyclic) bond motifs is 1. The lowest BCUT2D eigenvalue weighted by atomic mass is 9.92. The maximum absolute atomic E-state index is 13.2. The van der Waals surface area contributed by atoms with Crippen molar-refractivity contribution in [3.63, 3.8) is 0 Å². The quantitative estimate of drug-likeness (QED) is 0.581. The summed E-state index contributed by atoms with van der Waals surface area (Å²) in [4.78, 5) is 28.8. The Bertz CT molecular complexity index is 1020. The molecule has 1 aliphatic rings. The number of methoxy groups -OCH3 is 2. The van der Waals surface area contributed by atoms with Gasteiger partial charge in [0.2, 0.25) is 0 Å². The van der Waals surface area contributed by atoms with Gasteiger partial charge in [0.15, 0.2) is 11.5 Å². The van der Waals surface area contributed by atoms with Gasteiger partial charge in [-0.25, -0.2) is 0 Å². The standard InChI is InChI=1S/C26H39N3O4/c1-17(2)13-29-16-22(20-11-23(32-5)24(33-6)12-21(20)26(29)31)25(30)27-8-7-9-28-14-18(3)10-19(4)15-28/h11-12,16-19H,7-10,13-15H2,1-6H3,(H,27,30)/t18-,19-/m1/s1. The lowest BCUT2D eigenvalue weighted by molar-refractivity contribution is 0.0948. The molecule has 33 heavy (non-hydrogen) atoms. The minimum absolute atomic E-state index is 0.135. The van der Waals surface area contributed by atoms with Crippen LogP contribution >= 0.6 is 0 Å². The number of pyridine rings is 1. The molecule has 0 radical (unpaired) electrons. The van der Waals surface area contributed by atoms with Gasteiger partial charge in [-0.2, -0.15) is 0 Å². The van der Waals surface area contributed by atoms with E-state index < -0.39 is 0 Å². The van der Waals surface area contributed by atoms with E-state index in [4.69, 9.17) is 9.47 Å². The number of benzene rings is 1. The van der Waals surface area contributed by atoms with Gasteiger partial charge in [0.05, 0.1) is 25.2 Å². The number of nitrogens with zero attached hydrogens (tertiary/aromatic N) is 2. The van der Waals surface area contributed by atoms with Crippen molar-refractivity contribution in [2.45, 2.75) is 47.1 Å². The van der Waals surface area contributed by atoms with Crippen LogP contribution < -0.4 is 20.3 Å². The number of piperidine rings is 1. The Kier molecular flexibility index (Phi) is 8.40. The zero-order valence-corrected chi connectivity index (χ0v) is 20.9. The second kappa shape index (κ2) is 11.1. The Morgan fingerprint density at radius 2 is 1.70 bits per heavy atom. The molecule has 7 nitrogen and oxygen atoms in total. The summed E-state index contributed by atoms with van der Waals surface area (Å²) in [6, 6.07) is 3.39. The molecule has 2 aromatic rings. The highest BCUT2D eigenvalue weighted by atomic mass is 16.5. The molecule has 0 aliphatic carbocycles. The number of aromatic nitrogens is 1. The summed E-state index contributed by atoms with van der Waals surface area (Å²) in [6.45, 7) is 13.1. The predicted octanol–water partition coefficient (Wildman–Crippen LogP) is 3.77. The van der Waals surface area contributed by atoms with E-state index in [0.717, 1.165) is 37.9 Å². The number of ether oxygens (including phenoxy) is 2. The molecule has 2 heterocycles. The van der Waals surface area contributed by atoms with Crippen molar-refractivity contribution in [2.24, 2.45) is 17.8 Å². The highest BCUT2D eigenvalue weighted by molar-refractivity contribution is 6.07. The number of carbonyl (C=O) groups is 1. The van der Waals surface area contributed by atoms with E-state index in [1.54, 1.807) is 30.0 Å². The summed E-state index contributed by atoms with van der Waals surface area (Å²) in [5.74, 6) is 2.51. The first kappa shape index (κ1) is 25.1. The van der Waals surface area contributed by atoms with Gasteiger partial charge in [0, 0.05) is 37.8 Å². The molecule has 1 fully saturated rings. The van der Waals surface area contributed by atoms with Gasteiger partial charge in [0.25, 0.3) is 11.5 Å². The molecule has 0 unspecified atom stereocenters. The summed E-state index contributed by atoms with van der Waals surface area (Å²) < 4.78 is 12.4. The third-order valence-electron chi connectivity index (χ3n) is 6.28. The average molecular weight is 458 g/mol. The third-order valence-corrected chi connectivity index (χ3v) is 6.28. The summed E-state index contributed by atoms with van der Waals surface area (Å²) >= 11 is 0. The van der Waals surface area contributed by atoms with Crippen LogP contribution in [-0.4, -0.2) is 55.8 Å². The molecular formula is C26H39N3O4. The number of carbonyl (C=O) groups excluding carboxylic acids is 1. The van der Waals surface area contributed by atoms with E-state index in [-0.39, 0.29) is 17.4 Å². The fraction of sp³-hybridized carbons (Fsp3) is 0.615. The Hall–Kier alpha value is -2.54. The number of hydrogen-bond donors (Lipinski definition) is 1. The minimum atomic E-state index is -0.176. The van der Waals surface area contributed by atoms with Crippen LogP contribution in [0.3, 0.4) is 0 Å². The number of hydrogen-bond acceptors (Lipinski definition) is 5. The van der Waals surface area contributed by atoms with Crippen molar-refractivity contribution in [1.82, 2.24) is 14.8 Å². The Labute approximate surface area is 197 Å². The van der Waals surface area contributed by atoms with Crippen molar-refractivity contribution in [3.8, 4) is 11.5 Å². The van der Waals surface area contributed by atoms with Crippen LogP contribution in [0.4, 0.5) is 0 Å². The molecule has 0 spiro atoms. The third kappa shape index (κ3) is 6.08. The zero-order valence-electron chi connectivity index (χ0n) is 20.9. The number of likely N-dealkylation sites (tertiary alicyclic amines) is 1. The van der Waals surface area contributed by atoms with Crippen LogP contribution in [0.1, 0.15) is 50.9 Å². The van der Waals surface area contributed by atoms with E-state index >= 15 is 0 Å².